The molecule has 1 amide bonds. The Morgan fingerprint density at radius 2 is 2.21 bits per heavy atom. The van der Waals surface area contributed by atoms with E-state index < -0.39 is 5.69 Å². The molecule has 0 aliphatic carbocycles. The minimum Gasteiger partial charge on any atom is -0.443 e. The highest BCUT2D eigenvalue weighted by Gasteiger charge is 2.34. The van der Waals surface area contributed by atoms with E-state index in [4.69, 9.17) is 16.0 Å². The van der Waals surface area contributed by atoms with Crippen molar-refractivity contribution in [1.29, 1.82) is 0 Å². The molecule has 144 valence electrons. The van der Waals surface area contributed by atoms with Crippen LogP contribution in [0.15, 0.2) is 45.7 Å². The van der Waals surface area contributed by atoms with Crippen molar-refractivity contribution in [2.45, 2.75) is 32.2 Å². The van der Waals surface area contributed by atoms with Gasteiger partial charge in [-0.25, -0.2) is 9.78 Å². The summed E-state index contributed by atoms with van der Waals surface area (Å²) in [6.45, 7) is 2.29. The summed E-state index contributed by atoms with van der Waals surface area (Å²) in [5.74, 6) is 0.893. The van der Waals surface area contributed by atoms with Crippen LogP contribution in [0.25, 0.3) is 0 Å². The predicted molar refractivity (Wildman–Crippen MR) is 103 cm³/mol. The SMILES string of the molecule is Cc1cc(C(=O)N2CCC[C@H]2c2ncc(Cc3ccccc3Cl)o2)nc(=O)[nH]1. The molecule has 0 spiro atoms. The second-order valence-electron chi connectivity index (χ2n) is 6.84. The second kappa shape index (κ2) is 7.59. The highest BCUT2D eigenvalue weighted by Crippen LogP contribution is 2.33. The number of halogens is 1. The van der Waals surface area contributed by atoms with Crippen LogP contribution in [0.5, 0.6) is 0 Å². The summed E-state index contributed by atoms with van der Waals surface area (Å²) >= 11 is 6.22. The fraction of sp³-hybridized carbons (Fsp3) is 0.300. The van der Waals surface area contributed by atoms with Crippen molar-refractivity contribution in [3.63, 3.8) is 0 Å². The third kappa shape index (κ3) is 3.71. The van der Waals surface area contributed by atoms with Crippen molar-refractivity contribution in [1.82, 2.24) is 19.9 Å². The first-order valence-electron chi connectivity index (χ1n) is 9.08. The number of carbonyl (C=O) groups is 1. The van der Waals surface area contributed by atoms with Crippen LogP contribution in [-0.2, 0) is 6.42 Å². The standard InChI is InChI=1S/C20H19ClN4O3/c1-12-9-16(24-20(27)23-12)19(26)25-8-4-7-17(25)18-22-11-14(28-18)10-13-5-2-3-6-15(13)21/h2-3,5-6,9,11,17H,4,7-8,10H2,1H3,(H,23,24,27)/t17-/m0/s1. The molecule has 0 unspecified atom stereocenters. The zero-order chi connectivity index (χ0) is 19.7. The average Bonchev–Trinajstić information content (AvgIpc) is 3.31. The zero-order valence-electron chi connectivity index (χ0n) is 15.3. The van der Waals surface area contributed by atoms with Crippen molar-refractivity contribution in [2.75, 3.05) is 6.54 Å². The van der Waals surface area contributed by atoms with Crippen molar-refractivity contribution in [2.24, 2.45) is 0 Å². The molecule has 0 radical (unpaired) electrons. The molecule has 2 aromatic heterocycles. The number of aryl methyl sites for hydroxylation is 1. The Labute approximate surface area is 166 Å². The van der Waals surface area contributed by atoms with Crippen LogP contribution >= 0.6 is 11.6 Å². The van der Waals surface area contributed by atoms with Crippen LogP contribution in [0.2, 0.25) is 5.02 Å². The topological polar surface area (TPSA) is 92.1 Å². The first-order valence-corrected chi connectivity index (χ1v) is 9.46. The smallest absolute Gasteiger partial charge is 0.345 e. The number of aromatic nitrogens is 3. The number of hydrogen-bond donors (Lipinski definition) is 1. The lowest BCUT2D eigenvalue weighted by molar-refractivity contribution is 0.0708. The first-order chi connectivity index (χ1) is 13.5. The Kier molecular flexibility index (Phi) is 5.00. The lowest BCUT2D eigenvalue weighted by Gasteiger charge is -2.21. The summed E-state index contributed by atoms with van der Waals surface area (Å²) in [5, 5.41) is 0.675. The second-order valence-corrected chi connectivity index (χ2v) is 7.25. The van der Waals surface area contributed by atoms with E-state index in [1.54, 1.807) is 24.1 Å². The Morgan fingerprint density at radius 1 is 1.39 bits per heavy atom. The molecule has 0 saturated carbocycles. The molecule has 28 heavy (non-hydrogen) atoms. The van der Waals surface area contributed by atoms with Gasteiger partial charge in [-0.05, 0) is 37.5 Å². The summed E-state index contributed by atoms with van der Waals surface area (Å²) in [7, 11) is 0. The lowest BCUT2D eigenvalue weighted by atomic mass is 10.1. The van der Waals surface area contributed by atoms with Gasteiger partial charge in [0.2, 0.25) is 5.89 Å². The minimum absolute atomic E-state index is 0.135. The van der Waals surface area contributed by atoms with Crippen LogP contribution in [0.3, 0.4) is 0 Å². The van der Waals surface area contributed by atoms with E-state index in [0.717, 1.165) is 18.4 Å². The molecule has 1 aliphatic rings. The zero-order valence-corrected chi connectivity index (χ0v) is 16.1. The molecule has 1 atom stereocenters. The number of amides is 1. The Morgan fingerprint density at radius 3 is 3.00 bits per heavy atom. The van der Waals surface area contributed by atoms with E-state index in [9.17, 15) is 9.59 Å². The number of H-pyrrole nitrogens is 1. The van der Waals surface area contributed by atoms with E-state index in [-0.39, 0.29) is 17.6 Å². The van der Waals surface area contributed by atoms with E-state index in [2.05, 4.69) is 15.0 Å². The van der Waals surface area contributed by atoms with Crippen LogP contribution in [0, 0.1) is 6.92 Å². The Balaban J connectivity index is 1.55. The van der Waals surface area contributed by atoms with Crippen LogP contribution < -0.4 is 5.69 Å². The largest absolute Gasteiger partial charge is 0.443 e. The van der Waals surface area contributed by atoms with Gasteiger partial charge in [-0.1, -0.05) is 29.8 Å². The molecule has 1 aromatic carbocycles. The highest BCUT2D eigenvalue weighted by atomic mass is 35.5. The van der Waals surface area contributed by atoms with Crippen molar-refractivity contribution < 1.29 is 9.21 Å². The molecule has 0 bridgehead atoms. The molecule has 1 fully saturated rings. The normalized spacial score (nSPS) is 16.5. The van der Waals surface area contributed by atoms with Crippen LogP contribution in [0.4, 0.5) is 0 Å². The van der Waals surface area contributed by atoms with Crippen molar-refractivity contribution in [3.05, 3.63) is 80.6 Å². The van der Waals surface area contributed by atoms with Crippen LogP contribution in [0.1, 0.15) is 52.3 Å². The fourth-order valence-corrected chi connectivity index (χ4v) is 3.69. The summed E-state index contributed by atoms with van der Waals surface area (Å²) in [4.78, 5) is 36.9. The monoisotopic (exact) mass is 398 g/mol. The molecular weight excluding hydrogens is 380 g/mol. The van der Waals surface area contributed by atoms with Gasteiger partial charge in [0.05, 0.1) is 6.20 Å². The van der Waals surface area contributed by atoms with Gasteiger partial charge in [0.25, 0.3) is 5.91 Å². The highest BCUT2D eigenvalue weighted by molar-refractivity contribution is 6.31. The molecular formula is C20H19ClN4O3. The van der Waals surface area contributed by atoms with Crippen molar-refractivity contribution >= 4 is 17.5 Å². The van der Waals surface area contributed by atoms with Gasteiger partial charge in [0.1, 0.15) is 17.5 Å². The van der Waals surface area contributed by atoms with Gasteiger partial charge < -0.3 is 14.3 Å². The quantitative estimate of drug-likeness (QED) is 0.728. The van der Waals surface area contributed by atoms with Crippen LogP contribution in [-0.4, -0.2) is 32.3 Å². The van der Waals surface area contributed by atoms with E-state index in [1.165, 1.54) is 0 Å². The number of carbonyl (C=O) groups excluding carboxylic acids is 1. The molecule has 1 aliphatic heterocycles. The summed E-state index contributed by atoms with van der Waals surface area (Å²) in [6, 6.07) is 8.89. The average molecular weight is 399 g/mol. The van der Waals surface area contributed by atoms with Gasteiger partial charge in [-0.3, -0.25) is 4.79 Å². The Hall–Kier alpha value is -2.93. The fourth-order valence-electron chi connectivity index (χ4n) is 3.49. The molecule has 1 saturated heterocycles. The lowest BCUT2D eigenvalue weighted by Crippen LogP contribution is -2.33. The summed E-state index contributed by atoms with van der Waals surface area (Å²) in [6.07, 6.45) is 3.79. The Bertz CT molecular complexity index is 1080. The molecule has 3 aromatic rings. The number of oxazole rings is 1. The maximum Gasteiger partial charge on any atom is 0.345 e. The molecule has 4 rings (SSSR count). The summed E-state index contributed by atoms with van der Waals surface area (Å²) in [5.41, 5.74) is 1.15. The number of rotatable bonds is 4. The molecule has 3 heterocycles. The number of hydrogen-bond acceptors (Lipinski definition) is 5. The number of aromatic amines is 1. The minimum atomic E-state index is -0.530. The third-order valence-corrected chi connectivity index (χ3v) is 5.16. The van der Waals surface area contributed by atoms with E-state index >= 15 is 0 Å². The van der Waals surface area contributed by atoms with Gasteiger partial charge >= 0.3 is 5.69 Å². The summed E-state index contributed by atoms with van der Waals surface area (Å²) < 4.78 is 5.94. The number of nitrogens with one attached hydrogen (secondary N) is 1. The van der Waals surface area contributed by atoms with E-state index in [1.807, 2.05) is 24.3 Å². The molecule has 1 N–H and O–H groups in total. The van der Waals surface area contributed by atoms with Gasteiger partial charge in [0, 0.05) is 23.7 Å². The maximum absolute atomic E-state index is 12.9. The molecule has 8 heteroatoms. The van der Waals surface area contributed by atoms with Gasteiger partial charge in [-0.2, -0.15) is 4.98 Å². The predicted octanol–water partition coefficient (Wildman–Crippen LogP) is 3.29. The van der Waals surface area contributed by atoms with Gasteiger partial charge in [-0.15, -0.1) is 0 Å². The van der Waals surface area contributed by atoms with Crippen molar-refractivity contribution in [3.8, 4) is 0 Å². The van der Waals surface area contributed by atoms with E-state index in [0.29, 0.717) is 35.3 Å². The maximum atomic E-state index is 12.9. The third-order valence-electron chi connectivity index (χ3n) is 4.79. The number of nitrogens with zero attached hydrogens (tertiary/aromatic N) is 3. The first kappa shape index (κ1) is 18.4. The number of benzene rings is 1. The molecule has 7 nitrogen and oxygen atoms in total. The van der Waals surface area contributed by atoms with Gasteiger partial charge in [0.15, 0.2) is 0 Å². The number of likely N-dealkylation sites (tertiary alicyclic amines) is 1.